The largest absolute Gasteiger partial charge is 0.459 e. The normalized spacial score (nSPS) is 35.2. The number of carbonyl (C=O) groups is 3. The summed E-state index contributed by atoms with van der Waals surface area (Å²) in [6.45, 7) is 4.03. The Kier molecular flexibility index (Phi) is 3.99. The van der Waals surface area contributed by atoms with Gasteiger partial charge in [-0.1, -0.05) is 0 Å². The quantitative estimate of drug-likeness (QED) is 0.546. The molecule has 0 aromatic rings. The number of esters is 3. The Morgan fingerprint density at radius 2 is 1.45 bits per heavy atom. The fraction of sp³-hybridized carbons (Fsp3) is 0.769. The van der Waals surface area contributed by atoms with Crippen LogP contribution in [0.4, 0.5) is 0 Å². The van der Waals surface area contributed by atoms with E-state index in [0.29, 0.717) is 12.8 Å². The molecule has 0 bridgehead atoms. The molecule has 2 fully saturated rings. The lowest BCUT2D eigenvalue weighted by molar-refractivity contribution is -0.195. The fourth-order valence-corrected chi connectivity index (χ4v) is 2.51. The number of carbonyl (C=O) groups excluding carboxylic acids is 3. The summed E-state index contributed by atoms with van der Waals surface area (Å²) >= 11 is 0. The fourth-order valence-electron chi connectivity index (χ4n) is 2.51. The van der Waals surface area contributed by atoms with E-state index in [9.17, 15) is 14.4 Å². The van der Waals surface area contributed by atoms with E-state index in [0.717, 1.165) is 0 Å². The third-order valence-corrected chi connectivity index (χ3v) is 3.40. The van der Waals surface area contributed by atoms with Gasteiger partial charge in [-0.2, -0.15) is 0 Å². The molecule has 1 spiro atoms. The van der Waals surface area contributed by atoms with Gasteiger partial charge >= 0.3 is 17.9 Å². The smallest absolute Gasteiger partial charge is 0.303 e. The summed E-state index contributed by atoms with van der Waals surface area (Å²) in [6.07, 6.45) is -0.609. The number of hydrogen-bond acceptors (Lipinski definition) is 7. The Morgan fingerprint density at radius 3 is 2.00 bits per heavy atom. The minimum atomic E-state index is -0.624. The summed E-state index contributed by atoms with van der Waals surface area (Å²) in [4.78, 5) is 33.1. The van der Waals surface area contributed by atoms with E-state index in [4.69, 9.17) is 18.9 Å². The van der Waals surface area contributed by atoms with Gasteiger partial charge in [0.2, 0.25) is 0 Å². The molecule has 1 aliphatic heterocycles. The molecule has 20 heavy (non-hydrogen) atoms. The highest BCUT2D eigenvalue weighted by Gasteiger charge is 2.63. The van der Waals surface area contributed by atoms with Crippen molar-refractivity contribution in [2.75, 3.05) is 6.61 Å². The van der Waals surface area contributed by atoms with Crippen LogP contribution >= 0.6 is 0 Å². The summed E-state index contributed by atoms with van der Waals surface area (Å²) in [5.74, 6) is -1.28. The van der Waals surface area contributed by atoms with Crippen LogP contribution in [0.15, 0.2) is 0 Å². The Labute approximate surface area is 116 Å². The van der Waals surface area contributed by atoms with Gasteiger partial charge in [0, 0.05) is 33.6 Å². The van der Waals surface area contributed by atoms with Crippen LogP contribution in [0.5, 0.6) is 0 Å². The van der Waals surface area contributed by atoms with Crippen LogP contribution in [0.2, 0.25) is 0 Å². The maximum absolute atomic E-state index is 11.1. The molecular weight excluding hydrogens is 268 g/mol. The van der Waals surface area contributed by atoms with Gasteiger partial charge in [0.05, 0.1) is 6.61 Å². The Morgan fingerprint density at radius 1 is 0.900 bits per heavy atom. The van der Waals surface area contributed by atoms with Crippen molar-refractivity contribution in [3.05, 3.63) is 0 Å². The Balaban J connectivity index is 2.00. The van der Waals surface area contributed by atoms with Crippen LogP contribution < -0.4 is 0 Å². The zero-order valence-corrected chi connectivity index (χ0v) is 11.7. The van der Waals surface area contributed by atoms with Gasteiger partial charge in [-0.25, -0.2) is 0 Å². The lowest BCUT2D eigenvalue weighted by Crippen LogP contribution is -2.48. The van der Waals surface area contributed by atoms with Crippen LogP contribution in [0, 0.1) is 0 Å². The third-order valence-electron chi connectivity index (χ3n) is 3.40. The molecule has 2 aliphatic rings. The van der Waals surface area contributed by atoms with Gasteiger partial charge in [0.25, 0.3) is 0 Å². The average molecular weight is 286 g/mol. The second-order valence-electron chi connectivity index (χ2n) is 5.18. The third kappa shape index (κ3) is 3.27. The van der Waals surface area contributed by atoms with Crippen molar-refractivity contribution in [2.24, 2.45) is 0 Å². The van der Waals surface area contributed by atoms with Crippen LogP contribution in [-0.2, 0) is 33.3 Å². The van der Waals surface area contributed by atoms with E-state index in [-0.39, 0.29) is 18.7 Å². The number of hydrogen-bond donors (Lipinski definition) is 0. The van der Waals surface area contributed by atoms with Gasteiger partial charge in [-0.05, 0) is 0 Å². The maximum Gasteiger partial charge on any atom is 0.303 e. The van der Waals surface area contributed by atoms with Crippen molar-refractivity contribution < 1.29 is 33.3 Å². The minimum absolute atomic E-state index is 0.120. The molecule has 0 N–H and O–H groups in total. The lowest BCUT2D eigenvalue weighted by Gasteiger charge is -2.35. The van der Waals surface area contributed by atoms with E-state index < -0.39 is 29.7 Å². The zero-order valence-electron chi connectivity index (χ0n) is 11.7. The molecule has 7 nitrogen and oxygen atoms in total. The Bertz CT molecular complexity index is 432. The second-order valence-corrected chi connectivity index (χ2v) is 5.18. The minimum Gasteiger partial charge on any atom is -0.459 e. The number of ether oxygens (including phenoxy) is 4. The molecule has 2 rings (SSSR count). The van der Waals surface area contributed by atoms with Crippen LogP contribution in [0.25, 0.3) is 0 Å². The van der Waals surface area contributed by atoms with Gasteiger partial charge < -0.3 is 18.9 Å². The first-order valence-electron chi connectivity index (χ1n) is 6.48. The molecule has 4 atom stereocenters. The molecular formula is C13H18O7. The van der Waals surface area contributed by atoms with Crippen molar-refractivity contribution >= 4 is 17.9 Å². The predicted molar refractivity (Wildman–Crippen MR) is 64.6 cm³/mol. The first kappa shape index (κ1) is 14.8. The van der Waals surface area contributed by atoms with Gasteiger partial charge in [-0.3, -0.25) is 14.4 Å². The van der Waals surface area contributed by atoms with Gasteiger partial charge in [-0.15, -0.1) is 0 Å². The molecule has 0 amide bonds. The van der Waals surface area contributed by atoms with E-state index in [2.05, 4.69) is 0 Å². The van der Waals surface area contributed by atoms with Crippen molar-refractivity contribution in [1.82, 2.24) is 0 Å². The molecule has 0 aromatic heterocycles. The van der Waals surface area contributed by atoms with Crippen LogP contribution in [0.1, 0.15) is 33.6 Å². The highest BCUT2D eigenvalue weighted by Crippen LogP contribution is 2.49. The second kappa shape index (κ2) is 5.40. The average Bonchev–Trinajstić information content (AvgIpc) is 2.93. The molecule has 1 saturated heterocycles. The monoisotopic (exact) mass is 286 g/mol. The van der Waals surface area contributed by atoms with Gasteiger partial charge in [0.15, 0.2) is 6.10 Å². The molecule has 1 heterocycles. The summed E-state index contributed by atoms with van der Waals surface area (Å²) in [6, 6.07) is 0. The topological polar surface area (TPSA) is 88.1 Å². The maximum atomic E-state index is 11.1. The SMILES string of the molecule is CC(=O)OC1CC12C[C@H](OC(C)=O)[C@H](OC(C)=O)CO2. The zero-order chi connectivity index (χ0) is 14.9. The summed E-state index contributed by atoms with van der Waals surface area (Å²) in [5.41, 5.74) is -0.609. The predicted octanol–water partition coefficient (Wildman–Crippen LogP) is 0.344. The standard InChI is InChI=1S/C13H18O7/c1-7(14)18-10-4-13(5-12(13)20-9(3)16)17-6-11(10)19-8(2)15/h10-12H,4-6H2,1-3H3/t10-,11+,12?,13?/m0/s1. The molecule has 2 unspecified atom stereocenters. The van der Waals surface area contributed by atoms with Crippen molar-refractivity contribution in [1.29, 1.82) is 0 Å². The molecule has 112 valence electrons. The van der Waals surface area contributed by atoms with Crippen molar-refractivity contribution in [3.8, 4) is 0 Å². The van der Waals surface area contributed by atoms with E-state index >= 15 is 0 Å². The number of rotatable bonds is 3. The van der Waals surface area contributed by atoms with Crippen molar-refractivity contribution in [3.63, 3.8) is 0 Å². The summed E-state index contributed by atoms with van der Waals surface area (Å²) < 4.78 is 21.1. The van der Waals surface area contributed by atoms with Gasteiger partial charge in [0.1, 0.15) is 17.8 Å². The van der Waals surface area contributed by atoms with E-state index in [1.54, 1.807) is 0 Å². The van der Waals surface area contributed by atoms with Crippen LogP contribution in [0.3, 0.4) is 0 Å². The van der Waals surface area contributed by atoms with Crippen molar-refractivity contribution in [2.45, 2.75) is 57.5 Å². The first-order valence-corrected chi connectivity index (χ1v) is 6.48. The molecule has 1 aliphatic carbocycles. The summed E-state index contributed by atoms with van der Waals surface area (Å²) in [5, 5.41) is 0. The first-order chi connectivity index (χ1) is 9.32. The molecule has 0 aromatic carbocycles. The van der Waals surface area contributed by atoms with Crippen LogP contribution in [-0.4, -0.2) is 48.4 Å². The molecule has 1 saturated carbocycles. The summed E-state index contributed by atoms with van der Waals surface area (Å²) in [7, 11) is 0. The Hall–Kier alpha value is -1.63. The highest BCUT2D eigenvalue weighted by atomic mass is 16.6. The molecule has 0 radical (unpaired) electrons. The molecule has 7 heteroatoms. The highest BCUT2D eigenvalue weighted by molar-refractivity contribution is 5.68. The van der Waals surface area contributed by atoms with E-state index in [1.807, 2.05) is 0 Å². The lowest BCUT2D eigenvalue weighted by atomic mass is 10.0. The van der Waals surface area contributed by atoms with E-state index in [1.165, 1.54) is 20.8 Å².